The quantitative estimate of drug-likeness (QED) is 0.485. The highest BCUT2D eigenvalue weighted by atomic mass is 35.5. The predicted octanol–water partition coefficient (Wildman–Crippen LogP) is 1.54. The summed E-state index contributed by atoms with van der Waals surface area (Å²) in [7, 11) is -3.91. The monoisotopic (exact) mass is 595 g/mol. The van der Waals surface area contributed by atoms with E-state index < -0.39 is 16.1 Å². The number of hydrogen-bond donors (Lipinski definition) is 3. The number of ether oxygens (including phenoxy) is 1. The minimum absolute atomic E-state index is 0.0123. The number of sulfonamides is 1. The number of aromatic amines is 1. The average molecular weight is 596 g/mol. The maximum Gasteiger partial charge on any atom is 0.339 e. The molecule has 2 fully saturated rings. The molecule has 3 N–H and O–H groups in total. The van der Waals surface area contributed by atoms with Crippen LogP contribution in [-0.4, -0.2) is 109 Å². The lowest BCUT2D eigenvalue weighted by Crippen LogP contribution is -2.62. The van der Waals surface area contributed by atoms with E-state index in [0.29, 0.717) is 55.2 Å². The van der Waals surface area contributed by atoms with Crippen LogP contribution in [0.1, 0.15) is 12.8 Å². The van der Waals surface area contributed by atoms with Crippen LogP contribution < -0.4 is 10.7 Å². The average Bonchev–Trinajstić information content (AvgIpc) is 3.60. The van der Waals surface area contributed by atoms with Crippen LogP contribution in [0.4, 0.5) is 4.79 Å². The topological polar surface area (TPSA) is 130 Å². The standard InChI is InChI=1S/C24H30ClN7O5S2/c25-17-1-2-19-16(11-17)12-21(27-19)39(35,36)30-5-6-31(18(14-30)13-22(33)29-7-9-37-10-8-29)24(34)32-4-3-20-23(28-32)38-15-26-20/h1-2,11-12,18,26-28H,3-10,13-15H2. The van der Waals surface area contributed by atoms with Gasteiger partial charge in [-0.2, -0.15) is 4.31 Å². The molecule has 6 rings (SSSR count). The van der Waals surface area contributed by atoms with Crippen molar-refractivity contribution in [2.75, 3.05) is 58.4 Å². The number of nitrogens with zero attached hydrogens (tertiary/aromatic N) is 4. The van der Waals surface area contributed by atoms with E-state index in [1.54, 1.807) is 50.8 Å². The summed E-state index contributed by atoms with van der Waals surface area (Å²) in [4.78, 5) is 33.3. The van der Waals surface area contributed by atoms with Gasteiger partial charge in [0.1, 0.15) is 10.1 Å². The Morgan fingerprint density at radius 3 is 2.74 bits per heavy atom. The van der Waals surface area contributed by atoms with E-state index in [0.717, 1.165) is 16.6 Å². The number of aromatic nitrogens is 1. The minimum Gasteiger partial charge on any atom is -0.378 e. The third-order valence-corrected chi connectivity index (χ3v) is 10.4. The zero-order valence-corrected chi connectivity index (χ0v) is 23.6. The van der Waals surface area contributed by atoms with Gasteiger partial charge in [-0.25, -0.2) is 18.2 Å². The van der Waals surface area contributed by atoms with Crippen molar-refractivity contribution >= 4 is 56.2 Å². The van der Waals surface area contributed by atoms with E-state index in [-0.39, 0.29) is 43.0 Å². The van der Waals surface area contributed by atoms with Crippen LogP contribution >= 0.6 is 23.4 Å². The number of benzene rings is 1. The zero-order valence-electron chi connectivity index (χ0n) is 21.2. The molecule has 0 aliphatic carbocycles. The van der Waals surface area contributed by atoms with Crippen molar-refractivity contribution in [3.8, 4) is 0 Å². The minimum atomic E-state index is -3.91. The van der Waals surface area contributed by atoms with E-state index >= 15 is 0 Å². The summed E-state index contributed by atoms with van der Waals surface area (Å²) in [6.45, 7) is 2.66. The molecule has 1 atom stereocenters. The van der Waals surface area contributed by atoms with Gasteiger partial charge in [0.15, 0.2) is 0 Å². The number of thioether (sulfide) groups is 1. The summed E-state index contributed by atoms with van der Waals surface area (Å²) in [5.41, 5.74) is 4.96. The first kappa shape index (κ1) is 26.6. The number of carbonyl (C=O) groups is 2. The highest BCUT2D eigenvalue weighted by Gasteiger charge is 2.41. The lowest BCUT2D eigenvalue weighted by Gasteiger charge is -2.43. The summed E-state index contributed by atoms with van der Waals surface area (Å²) < 4.78 is 34.1. The number of fused-ring (bicyclic) bond motifs is 1. The van der Waals surface area contributed by atoms with E-state index in [9.17, 15) is 18.0 Å². The van der Waals surface area contributed by atoms with Crippen LogP contribution in [0.2, 0.25) is 5.02 Å². The van der Waals surface area contributed by atoms with Crippen molar-refractivity contribution in [2.24, 2.45) is 0 Å². The number of piperazine rings is 1. The number of hydrogen-bond acceptors (Lipinski definition) is 8. The maximum atomic E-state index is 13.7. The van der Waals surface area contributed by atoms with Crippen LogP contribution in [0.5, 0.6) is 0 Å². The highest BCUT2D eigenvalue weighted by molar-refractivity contribution is 8.03. The van der Waals surface area contributed by atoms with Crippen molar-refractivity contribution in [3.63, 3.8) is 0 Å². The smallest absolute Gasteiger partial charge is 0.339 e. The van der Waals surface area contributed by atoms with Crippen molar-refractivity contribution in [1.29, 1.82) is 0 Å². The first-order valence-corrected chi connectivity index (χ1v) is 15.7. The largest absolute Gasteiger partial charge is 0.378 e. The molecule has 12 nitrogen and oxygen atoms in total. The van der Waals surface area contributed by atoms with Crippen LogP contribution in [0.15, 0.2) is 40.0 Å². The predicted molar refractivity (Wildman–Crippen MR) is 147 cm³/mol. The van der Waals surface area contributed by atoms with Gasteiger partial charge < -0.3 is 24.8 Å². The Morgan fingerprint density at radius 2 is 1.92 bits per heavy atom. The molecule has 0 spiro atoms. The third-order valence-electron chi connectivity index (χ3n) is 7.47. The number of urea groups is 1. The van der Waals surface area contributed by atoms with Gasteiger partial charge >= 0.3 is 6.03 Å². The molecule has 0 bridgehead atoms. The lowest BCUT2D eigenvalue weighted by atomic mass is 10.1. The Morgan fingerprint density at radius 1 is 1.10 bits per heavy atom. The van der Waals surface area contributed by atoms with Crippen LogP contribution in [-0.2, 0) is 19.6 Å². The van der Waals surface area contributed by atoms with E-state index in [2.05, 4.69) is 15.7 Å². The SMILES string of the molecule is O=C(CC1CN(S(=O)(=O)c2cc3cc(Cl)ccc3[nH]2)CCN1C(=O)N1CCC2=C(N1)SCN2)N1CCOCC1. The molecule has 15 heteroatoms. The van der Waals surface area contributed by atoms with Gasteiger partial charge in [0.2, 0.25) is 5.91 Å². The fraction of sp³-hybridized carbons (Fsp3) is 0.500. The number of rotatable bonds is 4. The highest BCUT2D eigenvalue weighted by Crippen LogP contribution is 2.30. The van der Waals surface area contributed by atoms with Gasteiger partial charge in [0.05, 0.1) is 25.1 Å². The Kier molecular flexibility index (Phi) is 7.31. The second kappa shape index (κ2) is 10.7. The molecular formula is C24H30ClN7O5S2. The molecule has 1 aromatic carbocycles. The first-order valence-electron chi connectivity index (χ1n) is 12.9. The van der Waals surface area contributed by atoms with Crippen LogP contribution in [0, 0.1) is 0 Å². The summed E-state index contributed by atoms with van der Waals surface area (Å²) in [6, 6.07) is 5.83. The molecule has 4 aliphatic heterocycles. The molecule has 2 saturated heterocycles. The molecule has 3 amide bonds. The fourth-order valence-electron chi connectivity index (χ4n) is 5.34. The Labute approximate surface area is 235 Å². The number of nitrogens with one attached hydrogen (secondary N) is 3. The second-order valence-electron chi connectivity index (χ2n) is 9.84. The van der Waals surface area contributed by atoms with Gasteiger partial charge in [0.25, 0.3) is 10.0 Å². The number of carbonyl (C=O) groups excluding carboxylic acids is 2. The maximum absolute atomic E-state index is 13.7. The van der Waals surface area contributed by atoms with Crippen LogP contribution in [0.25, 0.3) is 10.9 Å². The van der Waals surface area contributed by atoms with Gasteiger partial charge in [-0.1, -0.05) is 23.4 Å². The first-order chi connectivity index (χ1) is 18.8. The number of halogens is 1. The molecular weight excluding hydrogens is 566 g/mol. The normalized spacial score (nSPS) is 22.6. The second-order valence-corrected chi connectivity index (χ2v) is 13.2. The van der Waals surface area contributed by atoms with E-state index in [4.69, 9.17) is 16.3 Å². The number of morpholine rings is 1. The van der Waals surface area contributed by atoms with Gasteiger partial charge in [-0.3, -0.25) is 10.2 Å². The van der Waals surface area contributed by atoms with Crippen molar-refractivity contribution in [1.82, 2.24) is 34.8 Å². The number of hydrazine groups is 1. The molecule has 0 saturated carbocycles. The number of H-pyrrole nitrogens is 1. The molecule has 0 radical (unpaired) electrons. The number of amides is 3. The van der Waals surface area contributed by atoms with Crippen LogP contribution in [0.3, 0.4) is 0 Å². The summed E-state index contributed by atoms with van der Waals surface area (Å²) in [6.07, 6.45) is 0.732. The molecule has 5 heterocycles. The van der Waals surface area contributed by atoms with Gasteiger partial charge in [0, 0.05) is 73.7 Å². The zero-order chi connectivity index (χ0) is 27.1. The fourth-order valence-corrected chi connectivity index (χ4v) is 7.91. The van der Waals surface area contributed by atoms with E-state index in [1.807, 2.05) is 0 Å². The van der Waals surface area contributed by atoms with Gasteiger partial charge in [-0.05, 0) is 24.3 Å². The molecule has 4 aliphatic rings. The molecule has 1 unspecified atom stereocenters. The van der Waals surface area contributed by atoms with Crippen molar-refractivity contribution < 1.29 is 22.7 Å². The van der Waals surface area contributed by atoms with E-state index in [1.165, 1.54) is 4.31 Å². The lowest BCUT2D eigenvalue weighted by molar-refractivity contribution is -0.136. The molecule has 210 valence electrons. The third kappa shape index (κ3) is 5.27. The Hall–Kier alpha value is -2.65. The van der Waals surface area contributed by atoms with Gasteiger partial charge in [-0.15, -0.1) is 0 Å². The Bertz CT molecular complexity index is 1430. The summed E-state index contributed by atoms with van der Waals surface area (Å²) in [5, 5.41) is 7.06. The van der Waals surface area contributed by atoms with Crippen molar-refractivity contribution in [2.45, 2.75) is 23.9 Å². The summed E-state index contributed by atoms with van der Waals surface area (Å²) >= 11 is 7.69. The molecule has 39 heavy (non-hydrogen) atoms. The molecule has 2 aromatic rings. The summed E-state index contributed by atoms with van der Waals surface area (Å²) in [5.74, 6) is 0.639. The Balaban J connectivity index is 1.23. The van der Waals surface area contributed by atoms with Crippen molar-refractivity contribution in [3.05, 3.63) is 40.0 Å². The molecule has 1 aromatic heterocycles.